The standard InChI is InChI=1S/C17H15F3N4O2S2/c18-17(19,20)12-3-1-4-13(11-12)23-7-9-24(10-8-23)28(25,26)15-6-2-5-14-16(15)22-27-21-14/h1-6,11H,7-10H2. The molecule has 11 heteroatoms. The minimum Gasteiger partial charge on any atom is -0.369 e. The maximum atomic E-state index is 13.0. The molecule has 2 aromatic carbocycles. The van der Waals surface area contributed by atoms with Gasteiger partial charge in [0, 0.05) is 31.9 Å². The van der Waals surface area contributed by atoms with E-state index in [0.717, 1.165) is 23.9 Å². The van der Waals surface area contributed by atoms with Crippen LogP contribution in [0.5, 0.6) is 0 Å². The van der Waals surface area contributed by atoms with Gasteiger partial charge in [-0.3, -0.25) is 0 Å². The van der Waals surface area contributed by atoms with Gasteiger partial charge in [-0.05, 0) is 30.3 Å². The van der Waals surface area contributed by atoms with Crippen LogP contribution in [0.3, 0.4) is 0 Å². The predicted molar refractivity (Wildman–Crippen MR) is 99.8 cm³/mol. The van der Waals surface area contributed by atoms with E-state index in [4.69, 9.17) is 0 Å². The molecule has 0 unspecified atom stereocenters. The average Bonchev–Trinajstić information content (AvgIpc) is 3.16. The normalized spacial score (nSPS) is 16.6. The molecule has 1 aliphatic heterocycles. The lowest BCUT2D eigenvalue weighted by Gasteiger charge is -2.35. The van der Waals surface area contributed by atoms with Gasteiger partial charge in [-0.25, -0.2) is 8.42 Å². The maximum Gasteiger partial charge on any atom is 0.416 e. The largest absolute Gasteiger partial charge is 0.416 e. The molecule has 0 N–H and O–H groups in total. The van der Waals surface area contributed by atoms with Crippen LogP contribution >= 0.6 is 11.7 Å². The van der Waals surface area contributed by atoms with Crippen molar-refractivity contribution < 1.29 is 21.6 Å². The van der Waals surface area contributed by atoms with Crippen LogP contribution in [0.2, 0.25) is 0 Å². The van der Waals surface area contributed by atoms with Crippen molar-refractivity contribution in [1.29, 1.82) is 0 Å². The first-order chi connectivity index (χ1) is 13.3. The number of alkyl halides is 3. The molecule has 0 atom stereocenters. The fourth-order valence-corrected chi connectivity index (χ4v) is 5.37. The number of sulfonamides is 1. The highest BCUT2D eigenvalue weighted by Crippen LogP contribution is 2.32. The summed E-state index contributed by atoms with van der Waals surface area (Å²) in [6.45, 7) is 0.941. The van der Waals surface area contributed by atoms with Crippen molar-refractivity contribution in [3.63, 3.8) is 0 Å². The van der Waals surface area contributed by atoms with Crippen LogP contribution in [0.25, 0.3) is 11.0 Å². The summed E-state index contributed by atoms with van der Waals surface area (Å²) in [6, 6.07) is 9.88. The first kappa shape index (κ1) is 19.1. The van der Waals surface area contributed by atoms with Crippen LogP contribution in [0.4, 0.5) is 18.9 Å². The van der Waals surface area contributed by atoms with Gasteiger partial charge in [0.1, 0.15) is 15.9 Å². The highest BCUT2D eigenvalue weighted by Gasteiger charge is 2.33. The molecule has 1 aliphatic rings. The molecule has 0 saturated carbocycles. The van der Waals surface area contributed by atoms with E-state index in [0.29, 0.717) is 29.8 Å². The Morgan fingerprint density at radius 3 is 2.39 bits per heavy atom. The second kappa shape index (κ2) is 6.98. The third kappa shape index (κ3) is 3.45. The van der Waals surface area contributed by atoms with Gasteiger partial charge in [-0.15, -0.1) is 0 Å². The molecule has 0 radical (unpaired) electrons. The molecule has 4 rings (SSSR count). The van der Waals surface area contributed by atoms with E-state index in [2.05, 4.69) is 8.75 Å². The molecule has 1 fully saturated rings. The van der Waals surface area contributed by atoms with Crippen molar-refractivity contribution in [2.24, 2.45) is 0 Å². The molecule has 0 spiro atoms. The first-order valence-corrected chi connectivity index (χ1v) is 10.6. The van der Waals surface area contributed by atoms with E-state index in [-0.39, 0.29) is 18.0 Å². The van der Waals surface area contributed by atoms with E-state index < -0.39 is 21.8 Å². The zero-order valence-electron chi connectivity index (χ0n) is 14.4. The molecule has 148 valence electrons. The van der Waals surface area contributed by atoms with Crippen molar-refractivity contribution in [2.45, 2.75) is 11.1 Å². The summed E-state index contributed by atoms with van der Waals surface area (Å²) in [4.78, 5) is 1.86. The van der Waals surface area contributed by atoms with Gasteiger partial charge in [-0.2, -0.15) is 26.2 Å². The average molecular weight is 428 g/mol. The number of fused-ring (bicyclic) bond motifs is 1. The summed E-state index contributed by atoms with van der Waals surface area (Å²) in [5, 5.41) is 0. The molecule has 28 heavy (non-hydrogen) atoms. The summed E-state index contributed by atoms with van der Waals surface area (Å²) in [7, 11) is -3.76. The molecule has 1 aromatic heterocycles. The summed E-state index contributed by atoms with van der Waals surface area (Å²) in [6.07, 6.45) is -4.42. The minimum absolute atomic E-state index is 0.103. The zero-order valence-corrected chi connectivity index (χ0v) is 16.1. The quantitative estimate of drug-likeness (QED) is 0.641. The number of hydrogen-bond donors (Lipinski definition) is 0. The van der Waals surface area contributed by atoms with Crippen LogP contribution in [-0.4, -0.2) is 47.6 Å². The van der Waals surface area contributed by atoms with Crippen LogP contribution in [0.1, 0.15) is 5.56 Å². The lowest BCUT2D eigenvalue weighted by molar-refractivity contribution is -0.137. The lowest BCUT2D eigenvalue weighted by Crippen LogP contribution is -2.48. The highest BCUT2D eigenvalue weighted by molar-refractivity contribution is 7.89. The summed E-state index contributed by atoms with van der Waals surface area (Å²) in [5.41, 5.74) is 0.571. The molecule has 0 amide bonds. The first-order valence-electron chi connectivity index (χ1n) is 8.40. The topological polar surface area (TPSA) is 66.4 Å². The van der Waals surface area contributed by atoms with E-state index in [1.54, 1.807) is 23.1 Å². The zero-order chi connectivity index (χ0) is 19.9. The van der Waals surface area contributed by atoms with E-state index in [9.17, 15) is 21.6 Å². The van der Waals surface area contributed by atoms with Crippen molar-refractivity contribution in [1.82, 2.24) is 13.1 Å². The molecular formula is C17H15F3N4O2S2. The monoisotopic (exact) mass is 428 g/mol. The number of hydrogen-bond acceptors (Lipinski definition) is 6. The second-order valence-electron chi connectivity index (χ2n) is 6.33. The van der Waals surface area contributed by atoms with Gasteiger partial charge in [0.05, 0.1) is 17.3 Å². The van der Waals surface area contributed by atoms with Gasteiger partial charge in [0.15, 0.2) is 0 Å². The van der Waals surface area contributed by atoms with Crippen LogP contribution in [-0.2, 0) is 16.2 Å². The Labute approximate surface area is 163 Å². The molecule has 0 aliphatic carbocycles. The fourth-order valence-electron chi connectivity index (χ4n) is 3.19. The second-order valence-corrected chi connectivity index (χ2v) is 8.76. The van der Waals surface area contributed by atoms with Crippen molar-refractivity contribution in [3.8, 4) is 0 Å². The molecular weight excluding hydrogens is 413 g/mol. The predicted octanol–water partition coefficient (Wildman–Crippen LogP) is 3.22. The van der Waals surface area contributed by atoms with Crippen molar-refractivity contribution in [3.05, 3.63) is 48.0 Å². The number of benzene rings is 2. The van der Waals surface area contributed by atoms with Crippen molar-refractivity contribution >= 4 is 38.5 Å². The third-order valence-electron chi connectivity index (χ3n) is 4.64. The Balaban J connectivity index is 1.54. The van der Waals surface area contributed by atoms with E-state index in [1.807, 2.05) is 0 Å². The minimum atomic E-state index is -4.42. The van der Waals surface area contributed by atoms with E-state index in [1.165, 1.54) is 16.4 Å². The van der Waals surface area contributed by atoms with Gasteiger partial charge in [0.25, 0.3) is 0 Å². The van der Waals surface area contributed by atoms with Gasteiger partial charge in [0.2, 0.25) is 10.0 Å². The molecule has 0 bridgehead atoms. The number of piperazine rings is 1. The molecule has 6 nitrogen and oxygen atoms in total. The Hall–Kier alpha value is -2.24. The lowest BCUT2D eigenvalue weighted by atomic mass is 10.1. The van der Waals surface area contributed by atoms with Crippen LogP contribution in [0.15, 0.2) is 47.4 Å². The van der Waals surface area contributed by atoms with Gasteiger partial charge < -0.3 is 4.90 Å². The number of anilines is 1. The number of nitrogens with zero attached hydrogens (tertiary/aromatic N) is 4. The third-order valence-corrected chi connectivity index (χ3v) is 7.12. The molecule has 2 heterocycles. The van der Waals surface area contributed by atoms with Gasteiger partial charge in [-0.1, -0.05) is 12.1 Å². The highest BCUT2D eigenvalue weighted by atomic mass is 32.2. The Bertz CT molecular complexity index is 1110. The molecule has 3 aromatic rings. The van der Waals surface area contributed by atoms with Crippen LogP contribution < -0.4 is 4.90 Å². The number of aromatic nitrogens is 2. The van der Waals surface area contributed by atoms with Crippen molar-refractivity contribution in [2.75, 3.05) is 31.1 Å². The summed E-state index contributed by atoms with van der Waals surface area (Å²) < 4.78 is 74.3. The number of rotatable bonds is 3. The maximum absolute atomic E-state index is 13.0. The fraction of sp³-hybridized carbons (Fsp3) is 0.294. The van der Waals surface area contributed by atoms with E-state index >= 15 is 0 Å². The summed E-state index contributed by atoms with van der Waals surface area (Å²) >= 11 is 0.948. The Morgan fingerprint density at radius 1 is 0.964 bits per heavy atom. The summed E-state index contributed by atoms with van der Waals surface area (Å²) in [5.74, 6) is 0. The van der Waals surface area contributed by atoms with Crippen LogP contribution in [0, 0.1) is 0 Å². The Morgan fingerprint density at radius 2 is 1.68 bits per heavy atom. The smallest absolute Gasteiger partial charge is 0.369 e. The SMILES string of the molecule is O=S(=O)(c1cccc2nsnc12)N1CCN(c2cccc(C(F)(F)F)c2)CC1. The van der Waals surface area contributed by atoms with Gasteiger partial charge >= 0.3 is 6.18 Å². The number of halogens is 3. The molecule has 1 saturated heterocycles. The Kier molecular flexibility index (Phi) is 4.76.